The predicted molar refractivity (Wildman–Crippen MR) is 151 cm³/mol. The smallest absolute Gasteiger partial charge is 0.270 e. The number of rotatable bonds is 6. The van der Waals surface area contributed by atoms with E-state index in [0.717, 1.165) is 36.1 Å². The molecule has 10 heteroatoms. The summed E-state index contributed by atoms with van der Waals surface area (Å²) in [6.45, 7) is 0. The SMILES string of the molecule is O=C1CC(N(C(=O)c2cccc([N+](=O)[O-])c2)C2CCCCCC2)C(=O)N1c1ccc(-c2nc3ccccc3o2)cc1. The molecule has 208 valence electrons. The molecule has 2 heterocycles. The van der Waals surface area contributed by atoms with E-state index in [-0.39, 0.29) is 23.7 Å². The van der Waals surface area contributed by atoms with Gasteiger partial charge in [0.05, 0.1) is 17.0 Å². The van der Waals surface area contributed by atoms with Crippen LogP contribution in [0.15, 0.2) is 77.2 Å². The number of para-hydroxylation sites is 2. The zero-order valence-electron chi connectivity index (χ0n) is 22.3. The second kappa shape index (κ2) is 11.0. The molecule has 1 aliphatic carbocycles. The summed E-state index contributed by atoms with van der Waals surface area (Å²) in [5, 5.41) is 11.4. The number of fused-ring (bicyclic) bond motifs is 1. The Hall–Kier alpha value is -4.86. The second-order valence-corrected chi connectivity index (χ2v) is 10.5. The number of benzene rings is 3. The summed E-state index contributed by atoms with van der Waals surface area (Å²) in [6, 6.07) is 18.5. The molecule has 1 aliphatic heterocycles. The number of amides is 3. The topological polar surface area (TPSA) is 127 Å². The Morgan fingerprint density at radius 2 is 1.68 bits per heavy atom. The number of anilines is 1. The monoisotopic (exact) mass is 552 g/mol. The third kappa shape index (κ3) is 5.08. The summed E-state index contributed by atoms with van der Waals surface area (Å²) in [7, 11) is 0. The van der Waals surface area contributed by atoms with Crippen LogP contribution in [-0.2, 0) is 9.59 Å². The van der Waals surface area contributed by atoms with Gasteiger partial charge in [0.2, 0.25) is 11.8 Å². The minimum atomic E-state index is -0.992. The van der Waals surface area contributed by atoms with E-state index in [0.29, 0.717) is 35.6 Å². The lowest BCUT2D eigenvalue weighted by Crippen LogP contribution is -2.50. The van der Waals surface area contributed by atoms with Gasteiger partial charge in [-0.05, 0) is 55.3 Å². The van der Waals surface area contributed by atoms with Gasteiger partial charge >= 0.3 is 0 Å². The first-order chi connectivity index (χ1) is 19.9. The number of carbonyl (C=O) groups is 3. The molecule has 41 heavy (non-hydrogen) atoms. The minimum absolute atomic E-state index is 0.129. The third-order valence-electron chi connectivity index (χ3n) is 7.88. The second-order valence-electron chi connectivity index (χ2n) is 10.5. The van der Waals surface area contributed by atoms with Crippen molar-refractivity contribution in [1.29, 1.82) is 0 Å². The molecule has 3 aromatic carbocycles. The number of aromatic nitrogens is 1. The zero-order valence-corrected chi connectivity index (χ0v) is 22.3. The Bertz CT molecular complexity index is 1600. The average Bonchev–Trinajstić information content (AvgIpc) is 3.42. The van der Waals surface area contributed by atoms with Crippen LogP contribution in [0.25, 0.3) is 22.6 Å². The quantitative estimate of drug-likeness (QED) is 0.126. The lowest BCUT2D eigenvalue weighted by Gasteiger charge is -2.35. The molecular weight excluding hydrogens is 524 g/mol. The average molecular weight is 553 g/mol. The number of carbonyl (C=O) groups excluding carboxylic acids is 3. The van der Waals surface area contributed by atoms with Gasteiger partial charge in [-0.15, -0.1) is 0 Å². The number of nitro groups is 1. The molecule has 2 fully saturated rings. The molecule has 0 spiro atoms. The van der Waals surface area contributed by atoms with E-state index in [1.54, 1.807) is 24.3 Å². The summed E-state index contributed by atoms with van der Waals surface area (Å²) in [4.78, 5) is 59.0. The Labute approximate surface area is 235 Å². The first-order valence-corrected chi connectivity index (χ1v) is 13.8. The Morgan fingerprint density at radius 3 is 2.39 bits per heavy atom. The highest BCUT2D eigenvalue weighted by molar-refractivity contribution is 6.23. The van der Waals surface area contributed by atoms with Crippen molar-refractivity contribution < 1.29 is 23.7 Å². The number of nitro benzene ring substituents is 1. The molecule has 3 amide bonds. The molecule has 1 aromatic heterocycles. The van der Waals surface area contributed by atoms with E-state index in [4.69, 9.17) is 4.42 Å². The van der Waals surface area contributed by atoms with Gasteiger partial charge in [0.25, 0.3) is 17.5 Å². The number of hydrogen-bond acceptors (Lipinski definition) is 7. The van der Waals surface area contributed by atoms with Crippen LogP contribution >= 0.6 is 0 Å². The van der Waals surface area contributed by atoms with E-state index in [1.165, 1.54) is 29.2 Å². The first kappa shape index (κ1) is 26.4. The third-order valence-corrected chi connectivity index (χ3v) is 7.88. The number of oxazole rings is 1. The van der Waals surface area contributed by atoms with Gasteiger partial charge in [0, 0.05) is 29.3 Å². The standard InChI is InChI=1S/C31H28N4O6/c36-28-19-26(33(22-9-3-1-2-4-10-22)30(37)21-8-7-11-24(18-21)35(39)40)31(38)34(28)23-16-14-20(15-17-23)29-32-25-12-5-6-13-27(25)41-29/h5-8,11-18,22,26H,1-4,9-10,19H2. The van der Waals surface area contributed by atoms with Crippen LogP contribution in [-0.4, -0.2) is 44.6 Å². The summed E-state index contributed by atoms with van der Waals surface area (Å²) in [5.41, 5.74) is 2.40. The van der Waals surface area contributed by atoms with E-state index >= 15 is 0 Å². The van der Waals surface area contributed by atoms with Crippen molar-refractivity contribution >= 4 is 40.2 Å². The lowest BCUT2D eigenvalue weighted by atomic mass is 10.0. The van der Waals surface area contributed by atoms with Crippen molar-refractivity contribution in [3.05, 3.63) is 88.5 Å². The van der Waals surface area contributed by atoms with Crippen molar-refractivity contribution in [1.82, 2.24) is 9.88 Å². The number of hydrogen-bond donors (Lipinski definition) is 0. The maximum Gasteiger partial charge on any atom is 0.270 e. The van der Waals surface area contributed by atoms with Crippen LogP contribution in [0.4, 0.5) is 11.4 Å². The highest BCUT2D eigenvalue weighted by Gasteiger charge is 2.46. The van der Waals surface area contributed by atoms with Crippen molar-refractivity contribution in [2.75, 3.05) is 4.90 Å². The summed E-state index contributed by atoms with van der Waals surface area (Å²) in [6.07, 6.45) is 5.13. The fourth-order valence-corrected chi connectivity index (χ4v) is 5.85. The van der Waals surface area contributed by atoms with Gasteiger partial charge in [-0.1, -0.05) is 43.9 Å². The van der Waals surface area contributed by atoms with Gasteiger partial charge in [-0.3, -0.25) is 24.5 Å². The Morgan fingerprint density at radius 1 is 0.951 bits per heavy atom. The number of non-ortho nitro benzene ring substituents is 1. The fraction of sp³-hybridized carbons (Fsp3) is 0.290. The van der Waals surface area contributed by atoms with Crippen molar-refractivity contribution in [2.24, 2.45) is 0 Å². The molecule has 10 nitrogen and oxygen atoms in total. The van der Waals surface area contributed by atoms with Gasteiger partial charge in [-0.2, -0.15) is 0 Å². The van der Waals surface area contributed by atoms with Gasteiger partial charge in [0.1, 0.15) is 11.6 Å². The molecule has 1 unspecified atom stereocenters. The molecule has 0 N–H and O–H groups in total. The highest BCUT2D eigenvalue weighted by atomic mass is 16.6. The molecule has 1 saturated carbocycles. The van der Waals surface area contributed by atoms with Crippen molar-refractivity contribution in [3.8, 4) is 11.5 Å². The van der Waals surface area contributed by atoms with E-state index in [9.17, 15) is 24.5 Å². The maximum absolute atomic E-state index is 13.9. The predicted octanol–water partition coefficient (Wildman–Crippen LogP) is 5.90. The normalized spacial score (nSPS) is 18.0. The summed E-state index contributed by atoms with van der Waals surface area (Å²) < 4.78 is 5.83. The molecule has 6 rings (SSSR count). The molecule has 4 aromatic rings. The van der Waals surface area contributed by atoms with Gasteiger partial charge in [0.15, 0.2) is 5.58 Å². The highest BCUT2D eigenvalue weighted by Crippen LogP contribution is 2.33. The molecule has 1 saturated heterocycles. The van der Waals surface area contributed by atoms with Crippen molar-refractivity contribution in [2.45, 2.75) is 57.0 Å². The molecule has 0 radical (unpaired) electrons. The molecule has 0 bridgehead atoms. The van der Waals surface area contributed by atoms with Crippen LogP contribution < -0.4 is 4.90 Å². The minimum Gasteiger partial charge on any atom is -0.436 e. The van der Waals surface area contributed by atoms with Crippen LogP contribution in [0.2, 0.25) is 0 Å². The van der Waals surface area contributed by atoms with Gasteiger partial charge < -0.3 is 9.32 Å². The largest absolute Gasteiger partial charge is 0.436 e. The van der Waals surface area contributed by atoms with Crippen LogP contribution in [0.1, 0.15) is 55.3 Å². The summed E-state index contributed by atoms with van der Waals surface area (Å²) in [5.74, 6) is -0.926. The van der Waals surface area contributed by atoms with Crippen LogP contribution in [0.5, 0.6) is 0 Å². The lowest BCUT2D eigenvalue weighted by molar-refractivity contribution is -0.384. The Balaban J connectivity index is 1.30. The Kier molecular flexibility index (Phi) is 7.05. The maximum atomic E-state index is 13.9. The van der Waals surface area contributed by atoms with E-state index < -0.39 is 28.7 Å². The summed E-state index contributed by atoms with van der Waals surface area (Å²) >= 11 is 0. The van der Waals surface area contributed by atoms with Crippen LogP contribution in [0, 0.1) is 10.1 Å². The molecule has 1 atom stereocenters. The van der Waals surface area contributed by atoms with Gasteiger partial charge in [-0.25, -0.2) is 9.88 Å². The van der Waals surface area contributed by atoms with E-state index in [1.807, 2.05) is 24.3 Å². The fourth-order valence-electron chi connectivity index (χ4n) is 5.85. The number of imide groups is 1. The molecule has 2 aliphatic rings. The van der Waals surface area contributed by atoms with E-state index in [2.05, 4.69) is 4.98 Å². The van der Waals surface area contributed by atoms with Crippen molar-refractivity contribution in [3.63, 3.8) is 0 Å². The molecular formula is C31H28N4O6. The first-order valence-electron chi connectivity index (χ1n) is 13.8. The van der Waals surface area contributed by atoms with Crippen LogP contribution in [0.3, 0.4) is 0 Å². The zero-order chi connectivity index (χ0) is 28.5. The number of nitrogens with zero attached hydrogens (tertiary/aromatic N) is 4.